The van der Waals surface area contributed by atoms with Crippen LogP contribution in [0.15, 0.2) is 27.6 Å². The van der Waals surface area contributed by atoms with E-state index in [2.05, 4.69) is 36.4 Å². The summed E-state index contributed by atoms with van der Waals surface area (Å²) in [6.07, 6.45) is 1.58. The van der Waals surface area contributed by atoms with Crippen molar-refractivity contribution in [3.8, 4) is 5.82 Å². The average Bonchev–Trinajstić information content (AvgIpc) is 2.53. The highest BCUT2D eigenvalue weighted by molar-refractivity contribution is 9.10. The summed E-state index contributed by atoms with van der Waals surface area (Å²) in [5.74, 6) is 0.432. The Morgan fingerprint density at radius 1 is 1.46 bits per heavy atom. The van der Waals surface area contributed by atoms with E-state index < -0.39 is 5.69 Å². The zero-order chi connectivity index (χ0) is 9.26. The summed E-state index contributed by atoms with van der Waals surface area (Å²) in [6, 6.07) is 3.43. The Morgan fingerprint density at radius 2 is 2.31 bits per heavy atom. The van der Waals surface area contributed by atoms with E-state index in [1.165, 1.54) is 0 Å². The summed E-state index contributed by atoms with van der Waals surface area (Å²) in [7, 11) is 0. The van der Waals surface area contributed by atoms with Crippen LogP contribution < -0.4 is 5.69 Å². The first-order valence-electron chi connectivity index (χ1n) is 3.40. The van der Waals surface area contributed by atoms with Crippen LogP contribution in [0.1, 0.15) is 0 Å². The minimum atomic E-state index is -0.408. The van der Waals surface area contributed by atoms with Gasteiger partial charge in [0.25, 0.3) is 0 Å². The van der Waals surface area contributed by atoms with Gasteiger partial charge in [0, 0.05) is 10.7 Å². The molecule has 0 saturated heterocycles. The van der Waals surface area contributed by atoms with Crippen LogP contribution in [-0.2, 0) is 0 Å². The SMILES string of the molecule is O=c1[nH]nnn1-c1ccc(Br)cn1. The van der Waals surface area contributed by atoms with Crippen LogP contribution in [0.25, 0.3) is 5.82 Å². The molecular formula is C6H4BrN5O. The number of hydrogen-bond donors (Lipinski definition) is 1. The molecule has 0 radical (unpaired) electrons. The molecule has 2 rings (SSSR count). The second kappa shape index (κ2) is 3.09. The van der Waals surface area contributed by atoms with Gasteiger partial charge in [0.1, 0.15) is 0 Å². The number of aromatic amines is 1. The first-order valence-corrected chi connectivity index (χ1v) is 4.19. The van der Waals surface area contributed by atoms with Gasteiger partial charge in [-0.15, -0.1) is 4.68 Å². The number of halogens is 1. The first kappa shape index (κ1) is 8.11. The summed E-state index contributed by atoms with van der Waals surface area (Å²) in [6.45, 7) is 0. The highest BCUT2D eigenvalue weighted by Gasteiger charge is 2.02. The van der Waals surface area contributed by atoms with Gasteiger partial charge in [0.05, 0.1) is 0 Å². The molecule has 13 heavy (non-hydrogen) atoms. The first-order chi connectivity index (χ1) is 6.27. The van der Waals surface area contributed by atoms with E-state index in [4.69, 9.17) is 0 Å². The minimum Gasteiger partial charge on any atom is -0.244 e. The van der Waals surface area contributed by atoms with E-state index in [0.29, 0.717) is 5.82 Å². The van der Waals surface area contributed by atoms with Crippen molar-refractivity contribution in [2.45, 2.75) is 0 Å². The third-order valence-electron chi connectivity index (χ3n) is 1.40. The lowest BCUT2D eigenvalue weighted by Crippen LogP contribution is -2.16. The molecule has 0 saturated carbocycles. The fraction of sp³-hybridized carbons (Fsp3) is 0. The Morgan fingerprint density at radius 3 is 2.85 bits per heavy atom. The highest BCUT2D eigenvalue weighted by Crippen LogP contribution is 2.07. The van der Waals surface area contributed by atoms with Crippen molar-refractivity contribution in [3.05, 3.63) is 33.3 Å². The van der Waals surface area contributed by atoms with Crippen LogP contribution >= 0.6 is 15.9 Å². The normalized spacial score (nSPS) is 10.2. The van der Waals surface area contributed by atoms with E-state index in [-0.39, 0.29) is 0 Å². The van der Waals surface area contributed by atoms with Gasteiger partial charge in [-0.2, -0.15) is 0 Å². The molecule has 2 heterocycles. The molecule has 0 spiro atoms. The van der Waals surface area contributed by atoms with Crippen molar-refractivity contribution >= 4 is 15.9 Å². The molecule has 0 unspecified atom stereocenters. The number of nitrogens with zero attached hydrogens (tertiary/aromatic N) is 4. The summed E-state index contributed by atoms with van der Waals surface area (Å²) < 4.78 is 1.92. The Bertz CT molecular complexity index is 458. The lowest BCUT2D eigenvalue weighted by Gasteiger charge is -1.95. The van der Waals surface area contributed by atoms with E-state index in [9.17, 15) is 4.79 Å². The van der Waals surface area contributed by atoms with Gasteiger partial charge in [-0.1, -0.05) is 0 Å². The van der Waals surface area contributed by atoms with Crippen LogP contribution in [0, 0.1) is 0 Å². The number of pyridine rings is 1. The lowest BCUT2D eigenvalue weighted by atomic mass is 10.5. The second-order valence-electron chi connectivity index (χ2n) is 2.25. The summed E-state index contributed by atoms with van der Waals surface area (Å²) in [5.41, 5.74) is -0.408. The van der Waals surface area contributed by atoms with Crippen LogP contribution in [0.3, 0.4) is 0 Å². The van der Waals surface area contributed by atoms with Gasteiger partial charge in [-0.3, -0.25) is 0 Å². The molecular weight excluding hydrogens is 238 g/mol. The monoisotopic (exact) mass is 241 g/mol. The second-order valence-corrected chi connectivity index (χ2v) is 3.17. The average molecular weight is 242 g/mol. The van der Waals surface area contributed by atoms with E-state index in [0.717, 1.165) is 9.15 Å². The smallest absolute Gasteiger partial charge is 0.244 e. The fourth-order valence-electron chi connectivity index (χ4n) is 0.841. The maximum absolute atomic E-state index is 11.0. The van der Waals surface area contributed by atoms with Crippen molar-refractivity contribution < 1.29 is 0 Å². The maximum atomic E-state index is 11.0. The van der Waals surface area contributed by atoms with Gasteiger partial charge in [-0.05, 0) is 38.5 Å². The van der Waals surface area contributed by atoms with Crippen molar-refractivity contribution in [1.82, 2.24) is 25.2 Å². The predicted octanol–water partition coefficient (Wildman–Crippen LogP) is 0.113. The molecule has 7 heteroatoms. The van der Waals surface area contributed by atoms with Crippen molar-refractivity contribution in [2.24, 2.45) is 0 Å². The van der Waals surface area contributed by atoms with E-state index >= 15 is 0 Å². The van der Waals surface area contributed by atoms with E-state index in [1.807, 2.05) is 0 Å². The minimum absolute atomic E-state index is 0.408. The van der Waals surface area contributed by atoms with Gasteiger partial charge >= 0.3 is 5.69 Å². The number of rotatable bonds is 1. The summed E-state index contributed by atoms with van der Waals surface area (Å²) in [4.78, 5) is 15.0. The van der Waals surface area contributed by atoms with Crippen LogP contribution in [0.2, 0.25) is 0 Å². The highest BCUT2D eigenvalue weighted by atomic mass is 79.9. The molecule has 6 nitrogen and oxygen atoms in total. The summed E-state index contributed by atoms with van der Waals surface area (Å²) in [5, 5.41) is 9.06. The van der Waals surface area contributed by atoms with Crippen LogP contribution in [-0.4, -0.2) is 25.2 Å². The zero-order valence-electron chi connectivity index (χ0n) is 6.31. The van der Waals surface area contributed by atoms with Gasteiger partial charge < -0.3 is 0 Å². The van der Waals surface area contributed by atoms with Crippen molar-refractivity contribution in [2.75, 3.05) is 0 Å². The Labute approximate surface area is 80.7 Å². The van der Waals surface area contributed by atoms with Gasteiger partial charge in [0.2, 0.25) is 0 Å². The third-order valence-corrected chi connectivity index (χ3v) is 1.87. The number of nitrogens with one attached hydrogen (secondary N) is 1. The lowest BCUT2D eigenvalue weighted by molar-refractivity contribution is 0.760. The predicted molar refractivity (Wildman–Crippen MR) is 47.5 cm³/mol. The molecule has 0 aliphatic carbocycles. The standard InChI is InChI=1S/C6H4BrN5O/c7-4-1-2-5(8-3-4)12-6(13)9-10-11-12/h1-3H,(H,9,11,13). The third kappa shape index (κ3) is 1.50. The molecule has 0 atom stereocenters. The molecule has 2 aromatic rings. The Kier molecular flexibility index (Phi) is 1.93. The molecule has 66 valence electrons. The Hall–Kier alpha value is -1.50. The van der Waals surface area contributed by atoms with Gasteiger partial charge in [-0.25, -0.2) is 14.9 Å². The molecule has 0 amide bonds. The molecule has 0 fully saturated rings. The number of hydrogen-bond acceptors (Lipinski definition) is 4. The van der Waals surface area contributed by atoms with Crippen molar-refractivity contribution in [1.29, 1.82) is 0 Å². The number of tetrazole rings is 1. The number of aromatic nitrogens is 5. The molecule has 0 aliphatic rings. The molecule has 1 N–H and O–H groups in total. The molecule has 0 aromatic carbocycles. The van der Waals surface area contributed by atoms with Crippen LogP contribution in [0.4, 0.5) is 0 Å². The zero-order valence-corrected chi connectivity index (χ0v) is 7.89. The number of H-pyrrole nitrogens is 1. The van der Waals surface area contributed by atoms with Gasteiger partial charge in [0.15, 0.2) is 5.82 Å². The summed E-state index contributed by atoms with van der Waals surface area (Å²) >= 11 is 3.23. The fourth-order valence-corrected chi connectivity index (χ4v) is 1.08. The van der Waals surface area contributed by atoms with Crippen molar-refractivity contribution in [3.63, 3.8) is 0 Å². The largest absolute Gasteiger partial charge is 0.367 e. The molecule has 0 aliphatic heterocycles. The molecule has 0 bridgehead atoms. The van der Waals surface area contributed by atoms with Crippen LogP contribution in [0.5, 0.6) is 0 Å². The quantitative estimate of drug-likeness (QED) is 0.770. The topological polar surface area (TPSA) is 76.5 Å². The van der Waals surface area contributed by atoms with E-state index in [1.54, 1.807) is 18.3 Å². The maximum Gasteiger partial charge on any atom is 0.367 e. The Balaban J connectivity index is 2.54. The molecule has 2 aromatic heterocycles.